The van der Waals surface area contributed by atoms with Crippen molar-refractivity contribution in [2.24, 2.45) is 0 Å². The van der Waals surface area contributed by atoms with E-state index < -0.39 is 0 Å². The van der Waals surface area contributed by atoms with Gasteiger partial charge in [0.05, 0.1) is 5.38 Å². The Bertz CT molecular complexity index is 197. The van der Waals surface area contributed by atoms with Crippen LogP contribution in [0.3, 0.4) is 0 Å². The SMILES string of the molecule is CC(Cl)c1nsc(N)n1. The van der Waals surface area contributed by atoms with Gasteiger partial charge in [0.15, 0.2) is 11.0 Å². The van der Waals surface area contributed by atoms with E-state index in [0.717, 1.165) is 11.5 Å². The van der Waals surface area contributed by atoms with Crippen LogP contribution in [0.1, 0.15) is 18.1 Å². The zero-order valence-corrected chi connectivity index (χ0v) is 6.41. The molecule has 9 heavy (non-hydrogen) atoms. The summed E-state index contributed by atoms with van der Waals surface area (Å²) < 4.78 is 3.89. The molecule has 1 aromatic heterocycles. The molecule has 0 radical (unpaired) electrons. The molecule has 0 saturated carbocycles. The molecule has 1 unspecified atom stereocenters. The van der Waals surface area contributed by atoms with Crippen molar-refractivity contribution >= 4 is 28.3 Å². The number of aromatic nitrogens is 2. The van der Waals surface area contributed by atoms with Gasteiger partial charge < -0.3 is 5.73 Å². The molecule has 2 N–H and O–H groups in total. The van der Waals surface area contributed by atoms with Crippen LogP contribution in [0, 0.1) is 0 Å². The number of hydrogen-bond donors (Lipinski definition) is 1. The summed E-state index contributed by atoms with van der Waals surface area (Å²) in [7, 11) is 0. The molecule has 0 aliphatic heterocycles. The molecule has 1 heterocycles. The van der Waals surface area contributed by atoms with Gasteiger partial charge in [-0.15, -0.1) is 11.6 Å². The molecule has 0 aliphatic carbocycles. The van der Waals surface area contributed by atoms with Crippen molar-refractivity contribution in [3.8, 4) is 0 Å². The van der Waals surface area contributed by atoms with Crippen LogP contribution in [-0.2, 0) is 0 Å². The van der Waals surface area contributed by atoms with Gasteiger partial charge in [-0.1, -0.05) is 0 Å². The van der Waals surface area contributed by atoms with E-state index in [1.807, 2.05) is 6.92 Å². The standard InChI is InChI=1S/C4H6ClN3S/c1-2(5)3-7-4(6)9-8-3/h2H,1H3,(H2,6,7,8). The van der Waals surface area contributed by atoms with E-state index in [-0.39, 0.29) is 5.38 Å². The number of halogens is 1. The van der Waals surface area contributed by atoms with Crippen molar-refractivity contribution in [1.82, 2.24) is 9.36 Å². The van der Waals surface area contributed by atoms with Crippen molar-refractivity contribution in [2.45, 2.75) is 12.3 Å². The molecule has 0 aliphatic rings. The van der Waals surface area contributed by atoms with Crippen LogP contribution in [0.15, 0.2) is 0 Å². The largest absolute Gasteiger partial charge is 0.374 e. The number of rotatable bonds is 1. The maximum Gasteiger partial charge on any atom is 0.199 e. The Balaban J connectivity index is 2.85. The maximum absolute atomic E-state index is 5.64. The lowest BCUT2D eigenvalue weighted by molar-refractivity contribution is 0.964. The highest BCUT2D eigenvalue weighted by Crippen LogP contribution is 2.18. The number of anilines is 1. The van der Waals surface area contributed by atoms with Gasteiger partial charge in [0.2, 0.25) is 0 Å². The van der Waals surface area contributed by atoms with E-state index in [0.29, 0.717) is 11.0 Å². The molecule has 0 fully saturated rings. The molecule has 0 amide bonds. The summed E-state index contributed by atoms with van der Waals surface area (Å²) in [5, 5.41) is 0.330. The molecule has 1 atom stereocenters. The van der Waals surface area contributed by atoms with E-state index in [1.54, 1.807) is 0 Å². The highest BCUT2D eigenvalue weighted by Gasteiger charge is 2.05. The molecule has 1 rings (SSSR count). The minimum atomic E-state index is -0.140. The van der Waals surface area contributed by atoms with Crippen LogP contribution in [0.5, 0.6) is 0 Å². The van der Waals surface area contributed by atoms with E-state index in [4.69, 9.17) is 17.3 Å². The predicted octanol–water partition coefficient (Wildman–Crippen LogP) is 1.42. The summed E-state index contributed by atoms with van der Waals surface area (Å²) in [6.45, 7) is 1.81. The smallest absolute Gasteiger partial charge is 0.199 e. The molecule has 50 valence electrons. The van der Waals surface area contributed by atoms with E-state index >= 15 is 0 Å². The Labute approximate surface area is 62.0 Å². The van der Waals surface area contributed by atoms with Gasteiger partial charge in [0.25, 0.3) is 0 Å². The molecule has 0 aromatic carbocycles. The summed E-state index contributed by atoms with van der Waals surface area (Å²) in [6.07, 6.45) is 0. The van der Waals surface area contributed by atoms with Crippen molar-refractivity contribution in [1.29, 1.82) is 0 Å². The molecule has 0 saturated heterocycles. The lowest BCUT2D eigenvalue weighted by Crippen LogP contribution is -1.88. The molecule has 5 heteroatoms. The van der Waals surface area contributed by atoms with Crippen LogP contribution < -0.4 is 5.73 Å². The quantitative estimate of drug-likeness (QED) is 0.638. The molecule has 0 bridgehead atoms. The van der Waals surface area contributed by atoms with Crippen LogP contribution in [0.25, 0.3) is 0 Å². The summed E-state index contributed by atoms with van der Waals surface area (Å²) in [4.78, 5) is 3.86. The topological polar surface area (TPSA) is 51.8 Å². The second kappa shape index (κ2) is 2.49. The molecule has 1 aromatic rings. The molecule has 0 spiro atoms. The first-order chi connectivity index (χ1) is 4.20. The van der Waals surface area contributed by atoms with Crippen LogP contribution in [0.2, 0.25) is 0 Å². The van der Waals surface area contributed by atoms with Gasteiger partial charge in [-0.3, -0.25) is 0 Å². The highest BCUT2D eigenvalue weighted by molar-refractivity contribution is 7.09. The fraction of sp³-hybridized carbons (Fsp3) is 0.500. The third-order valence-corrected chi connectivity index (χ3v) is 1.57. The number of nitrogens with zero attached hydrogens (tertiary/aromatic N) is 2. The maximum atomic E-state index is 5.64. The van der Waals surface area contributed by atoms with Gasteiger partial charge >= 0.3 is 0 Å². The van der Waals surface area contributed by atoms with Crippen LogP contribution in [0.4, 0.5) is 5.13 Å². The van der Waals surface area contributed by atoms with Gasteiger partial charge in [-0.2, -0.15) is 4.37 Å². The first-order valence-corrected chi connectivity index (χ1v) is 3.64. The monoisotopic (exact) mass is 163 g/mol. The third-order valence-electron chi connectivity index (χ3n) is 0.813. The molecular weight excluding hydrogens is 158 g/mol. The molecular formula is C4H6ClN3S. The number of alkyl halides is 1. The number of nitrogen functional groups attached to an aromatic ring is 1. The Morgan fingerprint density at radius 3 is 2.67 bits per heavy atom. The first kappa shape index (κ1) is 6.77. The Hall–Kier alpha value is -0.350. The Morgan fingerprint density at radius 2 is 2.44 bits per heavy atom. The number of nitrogens with two attached hydrogens (primary N) is 1. The summed E-state index contributed by atoms with van der Waals surface area (Å²) in [5.74, 6) is 0.610. The fourth-order valence-corrected chi connectivity index (χ4v) is 1.08. The normalized spacial score (nSPS) is 13.6. The zero-order chi connectivity index (χ0) is 6.85. The summed E-state index contributed by atoms with van der Waals surface area (Å²) >= 11 is 6.81. The minimum absolute atomic E-state index is 0.140. The average Bonchev–Trinajstić information content (AvgIpc) is 2.14. The van der Waals surface area contributed by atoms with Gasteiger partial charge in [-0.25, -0.2) is 4.98 Å². The Morgan fingerprint density at radius 1 is 1.78 bits per heavy atom. The summed E-state index contributed by atoms with van der Waals surface area (Å²) in [6, 6.07) is 0. The zero-order valence-electron chi connectivity index (χ0n) is 4.84. The van der Waals surface area contributed by atoms with Crippen LogP contribution >= 0.6 is 23.1 Å². The highest BCUT2D eigenvalue weighted by atomic mass is 35.5. The van der Waals surface area contributed by atoms with E-state index in [2.05, 4.69) is 9.36 Å². The van der Waals surface area contributed by atoms with Crippen molar-refractivity contribution < 1.29 is 0 Å². The minimum Gasteiger partial charge on any atom is -0.374 e. The fourth-order valence-electron chi connectivity index (χ4n) is 0.409. The molecule has 3 nitrogen and oxygen atoms in total. The Kier molecular flexibility index (Phi) is 1.87. The first-order valence-electron chi connectivity index (χ1n) is 2.43. The van der Waals surface area contributed by atoms with E-state index in [9.17, 15) is 0 Å². The average molecular weight is 164 g/mol. The van der Waals surface area contributed by atoms with E-state index in [1.165, 1.54) is 0 Å². The lowest BCUT2D eigenvalue weighted by Gasteiger charge is -1.90. The van der Waals surface area contributed by atoms with Gasteiger partial charge in [-0.05, 0) is 6.92 Å². The van der Waals surface area contributed by atoms with Crippen molar-refractivity contribution in [3.63, 3.8) is 0 Å². The second-order valence-corrected chi connectivity index (χ2v) is 3.04. The third kappa shape index (κ3) is 1.53. The van der Waals surface area contributed by atoms with Crippen LogP contribution in [-0.4, -0.2) is 9.36 Å². The lowest BCUT2D eigenvalue weighted by atomic mass is 10.5. The second-order valence-electron chi connectivity index (χ2n) is 1.61. The summed E-state index contributed by atoms with van der Waals surface area (Å²) in [5.41, 5.74) is 5.30. The number of hydrogen-bond acceptors (Lipinski definition) is 4. The van der Waals surface area contributed by atoms with Gasteiger partial charge in [0.1, 0.15) is 0 Å². The van der Waals surface area contributed by atoms with Crippen molar-refractivity contribution in [3.05, 3.63) is 5.82 Å². The van der Waals surface area contributed by atoms with Gasteiger partial charge in [0, 0.05) is 11.5 Å². The van der Waals surface area contributed by atoms with Crippen molar-refractivity contribution in [2.75, 3.05) is 5.73 Å². The predicted molar refractivity (Wildman–Crippen MR) is 38.6 cm³/mol.